The maximum atomic E-state index is 12.0. The van der Waals surface area contributed by atoms with Crippen LogP contribution in [0.3, 0.4) is 0 Å². The first-order valence-electron chi connectivity index (χ1n) is 7.90. The molecule has 24 heavy (non-hydrogen) atoms. The van der Waals surface area contributed by atoms with Crippen LogP contribution in [-0.4, -0.2) is 35.0 Å². The van der Waals surface area contributed by atoms with Crippen LogP contribution in [0.4, 0.5) is 4.79 Å². The third-order valence-electron chi connectivity index (χ3n) is 3.81. The summed E-state index contributed by atoms with van der Waals surface area (Å²) in [5.41, 5.74) is 0.0606. The first-order valence-corrected chi connectivity index (χ1v) is 8.28. The molecule has 1 aromatic rings. The van der Waals surface area contributed by atoms with Gasteiger partial charge in [-0.05, 0) is 31.9 Å². The van der Waals surface area contributed by atoms with Gasteiger partial charge in [0.2, 0.25) is 0 Å². The number of urea groups is 1. The lowest BCUT2D eigenvalue weighted by Crippen LogP contribution is -2.48. The van der Waals surface area contributed by atoms with Gasteiger partial charge in [0, 0.05) is 12.2 Å². The highest BCUT2D eigenvalue weighted by molar-refractivity contribution is 6.32. The summed E-state index contributed by atoms with van der Waals surface area (Å²) in [7, 11) is 0. The summed E-state index contributed by atoms with van der Waals surface area (Å²) >= 11 is 5.80. The fraction of sp³-hybridized carbons (Fsp3) is 0.500. The maximum absolute atomic E-state index is 12.0. The fourth-order valence-electron chi connectivity index (χ4n) is 2.50. The number of imide groups is 1. The number of nitrogens with zero attached hydrogens (tertiary/aromatic N) is 1. The van der Waals surface area contributed by atoms with Crippen molar-refractivity contribution < 1.29 is 19.1 Å². The highest BCUT2D eigenvalue weighted by atomic mass is 35.5. The Labute approximate surface area is 145 Å². The summed E-state index contributed by atoms with van der Waals surface area (Å²) in [5.74, 6) is -1.47. The molecule has 2 rings (SSSR count). The average molecular weight is 354 g/mol. The lowest BCUT2D eigenvalue weighted by atomic mass is 9.96. The van der Waals surface area contributed by atoms with E-state index in [-0.39, 0.29) is 16.8 Å². The summed E-state index contributed by atoms with van der Waals surface area (Å²) in [6.07, 6.45) is 5.42. The third kappa shape index (κ3) is 5.19. The number of aromatic nitrogens is 1. The zero-order chi connectivity index (χ0) is 17.5. The Morgan fingerprint density at radius 3 is 2.67 bits per heavy atom. The number of pyridine rings is 1. The van der Waals surface area contributed by atoms with Crippen LogP contribution in [-0.2, 0) is 9.53 Å². The van der Waals surface area contributed by atoms with Crippen molar-refractivity contribution >= 4 is 29.5 Å². The molecule has 1 fully saturated rings. The molecule has 1 saturated carbocycles. The summed E-state index contributed by atoms with van der Waals surface area (Å²) in [4.78, 5) is 39.5. The van der Waals surface area contributed by atoms with Gasteiger partial charge in [-0.15, -0.1) is 0 Å². The van der Waals surface area contributed by atoms with Crippen molar-refractivity contribution in [2.45, 2.75) is 51.2 Å². The van der Waals surface area contributed by atoms with Crippen LogP contribution >= 0.6 is 11.6 Å². The zero-order valence-electron chi connectivity index (χ0n) is 13.4. The summed E-state index contributed by atoms with van der Waals surface area (Å²) < 4.78 is 5.01. The maximum Gasteiger partial charge on any atom is 0.342 e. The van der Waals surface area contributed by atoms with E-state index in [0.29, 0.717) is 0 Å². The Morgan fingerprint density at radius 1 is 1.29 bits per heavy atom. The van der Waals surface area contributed by atoms with Crippen LogP contribution in [0.15, 0.2) is 18.3 Å². The Balaban J connectivity index is 1.82. The van der Waals surface area contributed by atoms with Crippen LogP contribution in [0.2, 0.25) is 5.15 Å². The van der Waals surface area contributed by atoms with E-state index >= 15 is 0 Å². The highest BCUT2D eigenvalue weighted by Crippen LogP contribution is 2.17. The first-order chi connectivity index (χ1) is 11.5. The predicted octanol–water partition coefficient (Wildman–Crippen LogP) is 2.44. The topological polar surface area (TPSA) is 97.4 Å². The molecule has 7 nitrogen and oxygen atoms in total. The SMILES string of the molecule is CC(OC(=O)c1cccnc1Cl)C(=O)NC(=O)NC1CCCCC1. The predicted molar refractivity (Wildman–Crippen MR) is 87.7 cm³/mol. The summed E-state index contributed by atoms with van der Waals surface area (Å²) in [6, 6.07) is 2.48. The second-order valence-electron chi connectivity index (χ2n) is 5.69. The van der Waals surface area contributed by atoms with Crippen molar-refractivity contribution in [3.8, 4) is 0 Å². The molecule has 8 heteroatoms. The number of rotatable bonds is 4. The molecule has 0 saturated heterocycles. The van der Waals surface area contributed by atoms with Crippen LogP contribution in [0.25, 0.3) is 0 Å². The zero-order valence-corrected chi connectivity index (χ0v) is 14.1. The second-order valence-corrected chi connectivity index (χ2v) is 6.04. The van der Waals surface area contributed by atoms with Gasteiger partial charge in [0.05, 0.1) is 5.56 Å². The molecule has 1 aliphatic carbocycles. The molecule has 0 radical (unpaired) electrons. The smallest absolute Gasteiger partial charge is 0.342 e. The van der Waals surface area contributed by atoms with E-state index in [4.69, 9.17) is 16.3 Å². The molecule has 1 unspecified atom stereocenters. The van der Waals surface area contributed by atoms with Crippen molar-refractivity contribution in [1.82, 2.24) is 15.6 Å². The van der Waals surface area contributed by atoms with Crippen molar-refractivity contribution in [2.24, 2.45) is 0 Å². The van der Waals surface area contributed by atoms with Gasteiger partial charge in [-0.25, -0.2) is 14.6 Å². The second kappa shape index (κ2) is 8.63. The first kappa shape index (κ1) is 18.2. The molecule has 2 N–H and O–H groups in total. The molecule has 0 spiro atoms. The molecule has 1 heterocycles. The van der Waals surface area contributed by atoms with E-state index in [0.717, 1.165) is 25.7 Å². The van der Waals surface area contributed by atoms with Crippen LogP contribution < -0.4 is 10.6 Å². The molecule has 130 valence electrons. The highest BCUT2D eigenvalue weighted by Gasteiger charge is 2.23. The van der Waals surface area contributed by atoms with Gasteiger partial charge in [-0.1, -0.05) is 30.9 Å². The number of carbonyl (C=O) groups is 3. The van der Waals surface area contributed by atoms with Crippen molar-refractivity contribution in [2.75, 3.05) is 0 Å². The van der Waals surface area contributed by atoms with Gasteiger partial charge < -0.3 is 10.1 Å². The van der Waals surface area contributed by atoms with E-state index < -0.39 is 24.0 Å². The minimum Gasteiger partial charge on any atom is -0.449 e. The van der Waals surface area contributed by atoms with E-state index in [1.54, 1.807) is 0 Å². The van der Waals surface area contributed by atoms with E-state index in [9.17, 15) is 14.4 Å². The minimum absolute atomic E-state index is 0.00912. The summed E-state index contributed by atoms with van der Waals surface area (Å²) in [5, 5.41) is 4.93. The van der Waals surface area contributed by atoms with Crippen LogP contribution in [0, 0.1) is 0 Å². The molecule has 0 aromatic carbocycles. The third-order valence-corrected chi connectivity index (χ3v) is 4.11. The van der Waals surface area contributed by atoms with Gasteiger partial charge >= 0.3 is 12.0 Å². The van der Waals surface area contributed by atoms with E-state index in [2.05, 4.69) is 15.6 Å². The van der Waals surface area contributed by atoms with Crippen molar-refractivity contribution in [3.63, 3.8) is 0 Å². The Bertz CT molecular complexity index is 617. The van der Waals surface area contributed by atoms with Gasteiger partial charge in [-0.3, -0.25) is 10.1 Å². The van der Waals surface area contributed by atoms with Gasteiger partial charge in [-0.2, -0.15) is 0 Å². The van der Waals surface area contributed by atoms with Crippen LogP contribution in [0.1, 0.15) is 49.4 Å². The monoisotopic (exact) mass is 353 g/mol. The number of hydrogen-bond acceptors (Lipinski definition) is 5. The van der Waals surface area contributed by atoms with E-state index in [1.807, 2.05) is 0 Å². The van der Waals surface area contributed by atoms with Crippen molar-refractivity contribution in [3.05, 3.63) is 29.0 Å². The number of carbonyl (C=O) groups excluding carboxylic acids is 3. The number of hydrogen-bond donors (Lipinski definition) is 2. The number of esters is 1. The van der Waals surface area contributed by atoms with E-state index in [1.165, 1.54) is 31.7 Å². The lowest BCUT2D eigenvalue weighted by Gasteiger charge is -2.23. The fourth-order valence-corrected chi connectivity index (χ4v) is 2.69. The standard InChI is InChI=1S/C16H20ClN3O4/c1-10(24-15(22)12-8-5-9-18-13(12)17)14(21)20-16(23)19-11-6-3-2-4-7-11/h5,8-11H,2-4,6-7H2,1H3,(H2,19,20,21,23). The van der Waals surface area contributed by atoms with Gasteiger partial charge in [0.1, 0.15) is 5.15 Å². The molecule has 1 aliphatic rings. The lowest BCUT2D eigenvalue weighted by molar-refractivity contribution is -0.127. The molecule has 0 aliphatic heterocycles. The van der Waals surface area contributed by atoms with Crippen molar-refractivity contribution in [1.29, 1.82) is 0 Å². The van der Waals surface area contributed by atoms with Gasteiger partial charge in [0.15, 0.2) is 6.10 Å². The largest absolute Gasteiger partial charge is 0.449 e. The normalized spacial score (nSPS) is 16.1. The molecule has 0 bridgehead atoms. The molecule has 1 atom stereocenters. The minimum atomic E-state index is -1.13. The molecule has 1 aromatic heterocycles. The van der Waals surface area contributed by atoms with Crippen LogP contribution in [0.5, 0.6) is 0 Å². The average Bonchev–Trinajstić information content (AvgIpc) is 2.55. The molecular weight excluding hydrogens is 334 g/mol. The Hall–Kier alpha value is -2.15. The van der Waals surface area contributed by atoms with Gasteiger partial charge in [0.25, 0.3) is 5.91 Å². The number of nitrogens with one attached hydrogen (secondary N) is 2. The molecule has 3 amide bonds. The molecular formula is C16H20ClN3O4. The number of amides is 3. The number of ether oxygens (including phenoxy) is 1. The Morgan fingerprint density at radius 2 is 2.00 bits per heavy atom. The Kier molecular flexibility index (Phi) is 6.54. The quantitative estimate of drug-likeness (QED) is 0.640. The number of halogens is 1. The summed E-state index contributed by atoms with van der Waals surface area (Å²) in [6.45, 7) is 1.38.